The molecule has 6 heteroatoms. The fourth-order valence-corrected chi connectivity index (χ4v) is 3.06. The van der Waals surface area contributed by atoms with Gasteiger partial charge in [-0.3, -0.25) is 0 Å². The number of methoxy groups -OCH3 is 1. The summed E-state index contributed by atoms with van der Waals surface area (Å²) in [4.78, 5) is 0.251. The van der Waals surface area contributed by atoms with Crippen molar-refractivity contribution in [3.63, 3.8) is 0 Å². The lowest BCUT2D eigenvalue weighted by Crippen LogP contribution is -2.26. The van der Waals surface area contributed by atoms with Gasteiger partial charge in [-0.1, -0.05) is 12.1 Å². The van der Waals surface area contributed by atoms with Crippen molar-refractivity contribution in [2.24, 2.45) is 0 Å². The highest BCUT2D eigenvalue weighted by Crippen LogP contribution is 2.18. The molecule has 0 aliphatic carbocycles. The van der Waals surface area contributed by atoms with Crippen LogP contribution in [0.2, 0.25) is 0 Å². The number of benzene rings is 1. The Bertz CT molecular complexity index is 650. The number of hydrogen-bond acceptors (Lipinski definition) is 4. The topological polar surface area (TPSA) is 59.8 Å². The molecule has 1 aromatic heterocycles. The molecule has 0 amide bonds. The van der Waals surface area contributed by atoms with Gasteiger partial charge in [-0.2, -0.15) is 4.31 Å². The van der Waals surface area contributed by atoms with Crippen LogP contribution in [0.3, 0.4) is 0 Å². The predicted octanol–water partition coefficient (Wildman–Crippen LogP) is 2.25. The third-order valence-electron chi connectivity index (χ3n) is 2.88. The van der Waals surface area contributed by atoms with E-state index in [-0.39, 0.29) is 11.4 Å². The van der Waals surface area contributed by atoms with Crippen molar-refractivity contribution in [2.45, 2.75) is 18.0 Å². The maximum Gasteiger partial charge on any atom is 0.243 e. The van der Waals surface area contributed by atoms with Gasteiger partial charge in [-0.15, -0.1) is 0 Å². The van der Waals surface area contributed by atoms with Crippen LogP contribution in [0, 0.1) is 0 Å². The summed E-state index contributed by atoms with van der Waals surface area (Å²) >= 11 is 0. The van der Waals surface area contributed by atoms with Gasteiger partial charge in [0.15, 0.2) is 0 Å². The van der Waals surface area contributed by atoms with Gasteiger partial charge in [0, 0.05) is 14.2 Å². The van der Waals surface area contributed by atoms with Crippen LogP contribution >= 0.6 is 0 Å². The Morgan fingerprint density at radius 2 is 2.05 bits per heavy atom. The van der Waals surface area contributed by atoms with Crippen LogP contribution in [0.1, 0.15) is 11.3 Å². The third-order valence-corrected chi connectivity index (χ3v) is 4.68. The highest BCUT2D eigenvalue weighted by atomic mass is 32.2. The zero-order valence-corrected chi connectivity index (χ0v) is 12.3. The van der Waals surface area contributed by atoms with Crippen LogP contribution in [-0.4, -0.2) is 26.9 Å². The van der Waals surface area contributed by atoms with Gasteiger partial charge in [-0.05, 0) is 29.8 Å². The first kappa shape index (κ1) is 14.8. The van der Waals surface area contributed by atoms with Crippen LogP contribution < -0.4 is 0 Å². The molecule has 0 spiro atoms. The first-order chi connectivity index (χ1) is 9.54. The highest BCUT2D eigenvalue weighted by Gasteiger charge is 2.21. The lowest BCUT2D eigenvalue weighted by molar-refractivity contribution is 0.184. The van der Waals surface area contributed by atoms with E-state index in [0.29, 0.717) is 12.4 Å². The average Bonchev–Trinajstić information content (AvgIpc) is 2.92. The molecule has 0 fully saturated rings. The average molecular weight is 295 g/mol. The Kier molecular flexibility index (Phi) is 4.59. The SMILES string of the molecule is COCc1cccc(S(=O)(=O)N(C)Cc2ccco2)c1. The number of ether oxygens (including phenoxy) is 1. The predicted molar refractivity (Wildman–Crippen MR) is 74.5 cm³/mol. The second-order valence-electron chi connectivity index (χ2n) is 4.42. The molecular weight excluding hydrogens is 278 g/mol. The van der Waals surface area contributed by atoms with Gasteiger partial charge >= 0.3 is 0 Å². The van der Waals surface area contributed by atoms with Gasteiger partial charge in [0.05, 0.1) is 24.3 Å². The lowest BCUT2D eigenvalue weighted by Gasteiger charge is -2.16. The second kappa shape index (κ2) is 6.21. The van der Waals surface area contributed by atoms with Crippen molar-refractivity contribution >= 4 is 10.0 Å². The first-order valence-corrected chi connectivity index (χ1v) is 7.54. The van der Waals surface area contributed by atoms with Crippen molar-refractivity contribution < 1.29 is 17.6 Å². The summed E-state index contributed by atoms with van der Waals surface area (Å²) in [5.74, 6) is 0.601. The molecule has 2 aromatic rings. The maximum atomic E-state index is 12.5. The molecule has 0 saturated carbocycles. The third kappa shape index (κ3) is 3.27. The first-order valence-electron chi connectivity index (χ1n) is 6.10. The molecule has 0 saturated heterocycles. The molecule has 0 aliphatic rings. The standard InChI is InChI=1S/C14H17NO4S/c1-15(10-13-6-4-8-19-13)20(16,17)14-7-3-5-12(9-14)11-18-2/h3-9H,10-11H2,1-2H3. The molecule has 2 rings (SSSR count). The fraction of sp³-hybridized carbons (Fsp3) is 0.286. The Balaban J connectivity index is 2.22. The van der Waals surface area contributed by atoms with Gasteiger partial charge in [0.2, 0.25) is 10.0 Å². The van der Waals surface area contributed by atoms with E-state index < -0.39 is 10.0 Å². The molecule has 0 radical (unpaired) electrons. The molecule has 108 valence electrons. The largest absolute Gasteiger partial charge is 0.468 e. The van der Waals surface area contributed by atoms with Gasteiger partial charge in [0.1, 0.15) is 5.76 Å². The Morgan fingerprint density at radius 1 is 1.25 bits per heavy atom. The second-order valence-corrected chi connectivity index (χ2v) is 6.47. The molecule has 5 nitrogen and oxygen atoms in total. The summed E-state index contributed by atoms with van der Waals surface area (Å²) in [5.41, 5.74) is 0.819. The molecule has 0 atom stereocenters. The Morgan fingerprint density at radius 3 is 2.70 bits per heavy atom. The van der Waals surface area contributed by atoms with Gasteiger partial charge in [0.25, 0.3) is 0 Å². The van der Waals surface area contributed by atoms with Crippen molar-refractivity contribution in [2.75, 3.05) is 14.2 Å². The van der Waals surface area contributed by atoms with Crippen molar-refractivity contribution in [1.82, 2.24) is 4.31 Å². The Labute approximate surface area is 118 Å². The minimum atomic E-state index is -3.54. The molecule has 1 heterocycles. The quantitative estimate of drug-likeness (QED) is 0.820. The summed E-state index contributed by atoms with van der Waals surface area (Å²) < 4.78 is 36.4. The van der Waals surface area contributed by atoms with Crippen molar-refractivity contribution in [3.05, 3.63) is 54.0 Å². The minimum Gasteiger partial charge on any atom is -0.468 e. The van der Waals surface area contributed by atoms with Crippen LogP contribution in [-0.2, 0) is 27.9 Å². The summed E-state index contributed by atoms with van der Waals surface area (Å²) in [6.07, 6.45) is 1.52. The van der Waals surface area contributed by atoms with E-state index in [0.717, 1.165) is 5.56 Å². The van der Waals surface area contributed by atoms with E-state index in [1.54, 1.807) is 37.4 Å². The number of hydrogen-bond donors (Lipinski definition) is 0. The smallest absolute Gasteiger partial charge is 0.243 e. The number of furan rings is 1. The zero-order chi connectivity index (χ0) is 14.6. The van der Waals surface area contributed by atoms with E-state index in [1.807, 2.05) is 6.07 Å². The maximum absolute atomic E-state index is 12.5. The fourth-order valence-electron chi connectivity index (χ4n) is 1.85. The normalized spacial score (nSPS) is 11.9. The molecule has 1 aromatic carbocycles. The molecule has 0 aliphatic heterocycles. The van der Waals surface area contributed by atoms with Gasteiger partial charge in [-0.25, -0.2) is 8.42 Å². The summed E-state index contributed by atoms with van der Waals surface area (Å²) in [7, 11) is -0.436. The molecule has 0 bridgehead atoms. The highest BCUT2D eigenvalue weighted by molar-refractivity contribution is 7.89. The molecule has 20 heavy (non-hydrogen) atoms. The monoisotopic (exact) mass is 295 g/mol. The van der Waals surface area contributed by atoms with Crippen LogP contribution in [0.25, 0.3) is 0 Å². The van der Waals surface area contributed by atoms with Crippen molar-refractivity contribution in [3.8, 4) is 0 Å². The molecule has 0 unspecified atom stereocenters. The van der Waals surface area contributed by atoms with Crippen LogP contribution in [0.5, 0.6) is 0 Å². The van der Waals surface area contributed by atoms with Crippen LogP contribution in [0.4, 0.5) is 0 Å². The minimum absolute atomic E-state index is 0.198. The summed E-state index contributed by atoms with van der Waals surface area (Å²) in [6, 6.07) is 10.2. The van der Waals surface area contributed by atoms with E-state index in [4.69, 9.17) is 9.15 Å². The van der Waals surface area contributed by atoms with E-state index in [2.05, 4.69) is 0 Å². The number of rotatable bonds is 6. The lowest BCUT2D eigenvalue weighted by atomic mass is 10.2. The Hall–Kier alpha value is -1.63. The van der Waals surface area contributed by atoms with Gasteiger partial charge < -0.3 is 9.15 Å². The molecule has 0 N–H and O–H groups in total. The number of sulfonamides is 1. The number of nitrogens with zero attached hydrogens (tertiary/aromatic N) is 1. The van der Waals surface area contributed by atoms with Crippen LogP contribution in [0.15, 0.2) is 52.0 Å². The van der Waals surface area contributed by atoms with E-state index >= 15 is 0 Å². The summed E-state index contributed by atoms with van der Waals surface area (Å²) in [6.45, 7) is 0.578. The van der Waals surface area contributed by atoms with E-state index in [1.165, 1.54) is 17.6 Å². The summed E-state index contributed by atoms with van der Waals surface area (Å²) in [5, 5.41) is 0. The zero-order valence-electron chi connectivity index (χ0n) is 11.4. The van der Waals surface area contributed by atoms with E-state index in [9.17, 15) is 8.42 Å². The van der Waals surface area contributed by atoms with Crippen molar-refractivity contribution in [1.29, 1.82) is 0 Å². The molecular formula is C14H17NO4S.